The number of carbonyl (C=O) groups is 1. The van der Waals surface area contributed by atoms with Gasteiger partial charge in [-0.05, 0) is 0 Å². The SMILES string of the molecule is B[PH]1(O)OCC2OC(n3ccc(N)nc3=O)C(OC(=O)n3ccnc3)[C@@H]2O1. The van der Waals surface area contributed by atoms with Crippen LogP contribution in [0.4, 0.5) is 10.6 Å². The molecular formula is C13H17BN5O7P. The molecule has 0 bridgehead atoms. The molecule has 12 nitrogen and oxygen atoms in total. The van der Waals surface area contributed by atoms with Crippen molar-refractivity contribution >= 4 is 27.3 Å². The molecule has 2 aromatic rings. The van der Waals surface area contributed by atoms with Crippen molar-refractivity contribution in [3.63, 3.8) is 0 Å². The van der Waals surface area contributed by atoms with Gasteiger partial charge in [0.25, 0.3) is 0 Å². The molecule has 2 aliphatic heterocycles. The maximum atomic E-state index is 12.4. The molecule has 2 saturated heterocycles. The monoisotopic (exact) mass is 397 g/mol. The Bertz CT molecular complexity index is 907. The van der Waals surface area contributed by atoms with Crippen molar-refractivity contribution in [3.05, 3.63) is 41.5 Å². The van der Waals surface area contributed by atoms with Crippen LogP contribution in [0.1, 0.15) is 6.23 Å². The van der Waals surface area contributed by atoms with Crippen LogP contribution in [0.5, 0.6) is 0 Å². The number of hydrogen-bond acceptors (Lipinski definition) is 10. The predicted octanol–water partition coefficient (Wildman–Crippen LogP) is -1.58. The van der Waals surface area contributed by atoms with Crippen LogP contribution in [0.3, 0.4) is 0 Å². The summed E-state index contributed by atoms with van der Waals surface area (Å²) < 4.78 is 24.6. The molecule has 0 radical (unpaired) electrons. The average molecular weight is 397 g/mol. The number of anilines is 1. The quantitative estimate of drug-likeness (QED) is 0.449. The van der Waals surface area contributed by atoms with Crippen molar-refractivity contribution in [2.75, 3.05) is 12.3 Å². The van der Waals surface area contributed by atoms with Gasteiger partial charge in [0.05, 0.1) is 0 Å². The van der Waals surface area contributed by atoms with E-state index in [9.17, 15) is 14.5 Å². The first-order valence-corrected chi connectivity index (χ1v) is 10.3. The first-order chi connectivity index (χ1) is 12.8. The molecule has 14 heteroatoms. The number of nitrogens with zero attached hydrogens (tertiary/aromatic N) is 4. The summed E-state index contributed by atoms with van der Waals surface area (Å²) in [5.41, 5.74) is 4.85. The zero-order valence-electron chi connectivity index (χ0n) is 14.2. The van der Waals surface area contributed by atoms with Gasteiger partial charge in [-0.25, -0.2) is 0 Å². The van der Waals surface area contributed by atoms with Crippen LogP contribution in [-0.2, 0) is 18.5 Å². The van der Waals surface area contributed by atoms with Gasteiger partial charge in [0.2, 0.25) is 0 Å². The maximum absolute atomic E-state index is 12.4. The predicted molar refractivity (Wildman–Crippen MR) is 94.6 cm³/mol. The molecule has 4 rings (SSSR count). The molecule has 0 aliphatic carbocycles. The molecule has 144 valence electrons. The summed E-state index contributed by atoms with van der Waals surface area (Å²) in [5.74, 6) is 0.0496. The third kappa shape index (κ3) is 3.47. The fraction of sp³-hybridized carbons (Fsp3) is 0.385. The minimum atomic E-state index is -3.40. The minimum absolute atomic E-state index is 0.0384. The van der Waals surface area contributed by atoms with Crippen LogP contribution in [-0.4, -0.2) is 62.6 Å². The molecule has 2 aliphatic rings. The number of nitrogens with two attached hydrogens (primary N) is 1. The van der Waals surface area contributed by atoms with E-state index in [1.807, 2.05) is 0 Å². The fourth-order valence-electron chi connectivity index (χ4n) is 3.02. The fourth-order valence-corrected chi connectivity index (χ4v) is 4.35. The van der Waals surface area contributed by atoms with Crippen LogP contribution < -0.4 is 11.4 Å². The Hall–Kier alpha value is -2.31. The topological polar surface area (TPSA) is 153 Å². The molecule has 4 atom stereocenters. The van der Waals surface area contributed by atoms with Gasteiger partial charge in [0.15, 0.2) is 0 Å². The summed E-state index contributed by atoms with van der Waals surface area (Å²) >= 11 is 0. The number of carbonyl (C=O) groups excluding carboxylic acids is 1. The number of imidazole rings is 1. The van der Waals surface area contributed by atoms with E-state index in [-0.39, 0.29) is 12.4 Å². The summed E-state index contributed by atoms with van der Waals surface area (Å²) in [6.07, 6.45) is 1.24. The molecular weight excluding hydrogens is 380 g/mol. The van der Waals surface area contributed by atoms with Gasteiger partial charge in [-0.2, -0.15) is 0 Å². The van der Waals surface area contributed by atoms with E-state index in [0.29, 0.717) is 0 Å². The first-order valence-electron chi connectivity index (χ1n) is 8.07. The van der Waals surface area contributed by atoms with Crippen LogP contribution in [0.25, 0.3) is 0 Å². The third-order valence-electron chi connectivity index (χ3n) is 4.23. The Morgan fingerprint density at radius 2 is 2.30 bits per heavy atom. The molecule has 0 saturated carbocycles. The van der Waals surface area contributed by atoms with E-state index in [1.54, 1.807) is 0 Å². The Kier molecular flexibility index (Phi) is 4.48. The van der Waals surface area contributed by atoms with Crippen molar-refractivity contribution in [3.8, 4) is 0 Å². The summed E-state index contributed by atoms with van der Waals surface area (Å²) in [7, 11) is -1.96. The number of hydrogen-bond donors (Lipinski definition) is 2. The summed E-state index contributed by atoms with van der Waals surface area (Å²) in [5, 5.41) is 0. The third-order valence-corrected chi connectivity index (χ3v) is 5.65. The molecule has 3 N–H and O–H groups in total. The standard InChI is InChI=1S/C13H17BN5O7P/c14-27(22)23-5-7-9(26-27)10(25-13(21)18-4-2-16-6-18)11(24-7)19-3-1-8(15)17-12(19)20/h1-4,6-7,9-11,22,27H,5,14H2,(H2,15,17,20)/t7?,9-,10?,11?/m1/s1. The van der Waals surface area contributed by atoms with Crippen molar-refractivity contribution in [1.29, 1.82) is 0 Å². The van der Waals surface area contributed by atoms with Crippen molar-refractivity contribution in [2.24, 2.45) is 0 Å². The van der Waals surface area contributed by atoms with Crippen LogP contribution in [0, 0.1) is 0 Å². The second kappa shape index (κ2) is 6.70. The van der Waals surface area contributed by atoms with E-state index in [1.165, 1.54) is 38.6 Å². The second-order valence-electron chi connectivity index (χ2n) is 6.22. The van der Waals surface area contributed by atoms with Crippen LogP contribution >= 0.6 is 7.82 Å². The zero-order chi connectivity index (χ0) is 19.2. The molecule has 4 heterocycles. The van der Waals surface area contributed by atoms with Crippen LogP contribution in [0.2, 0.25) is 0 Å². The van der Waals surface area contributed by atoms with E-state index < -0.39 is 44.1 Å². The Balaban J connectivity index is 1.68. The summed E-state index contributed by atoms with van der Waals surface area (Å²) in [4.78, 5) is 42.3. The molecule has 0 amide bonds. The van der Waals surface area contributed by atoms with Crippen LogP contribution in [0.15, 0.2) is 35.8 Å². The van der Waals surface area contributed by atoms with Crippen molar-refractivity contribution in [1.82, 2.24) is 19.1 Å². The molecule has 2 aromatic heterocycles. The first kappa shape index (κ1) is 18.1. The number of rotatable bonds is 2. The van der Waals surface area contributed by atoms with Gasteiger partial charge in [0.1, 0.15) is 0 Å². The Labute approximate surface area is 153 Å². The van der Waals surface area contributed by atoms with E-state index in [0.717, 1.165) is 9.13 Å². The number of aromatic nitrogens is 4. The summed E-state index contributed by atoms with van der Waals surface area (Å²) in [6, 6.07) is 1.42. The average Bonchev–Trinajstić information content (AvgIpc) is 3.23. The Morgan fingerprint density at radius 1 is 1.48 bits per heavy atom. The van der Waals surface area contributed by atoms with Crippen molar-refractivity contribution in [2.45, 2.75) is 24.5 Å². The van der Waals surface area contributed by atoms with Gasteiger partial charge >= 0.3 is 153 Å². The molecule has 3 unspecified atom stereocenters. The number of nitrogen functional groups attached to an aromatic ring is 1. The molecule has 0 spiro atoms. The normalized spacial score (nSPS) is 30.4. The number of ether oxygens (including phenoxy) is 2. The number of fused-ring (bicyclic) bond motifs is 1. The van der Waals surface area contributed by atoms with Gasteiger partial charge < -0.3 is 0 Å². The van der Waals surface area contributed by atoms with Gasteiger partial charge in [0, 0.05) is 0 Å². The van der Waals surface area contributed by atoms with Gasteiger partial charge in [-0.1, -0.05) is 0 Å². The molecule has 27 heavy (non-hydrogen) atoms. The van der Waals surface area contributed by atoms with E-state index >= 15 is 0 Å². The summed E-state index contributed by atoms with van der Waals surface area (Å²) in [6.45, 7) is 0.0384. The van der Waals surface area contributed by atoms with E-state index in [2.05, 4.69) is 9.97 Å². The van der Waals surface area contributed by atoms with E-state index in [4.69, 9.17) is 24.3 Å². The van der Waals surface area contributed by atoms with Crippen molar-refractivity contribution < 1.29 is 28.2 Å². The van der Waals surface area contributed by atoms with Gasteiger partial charge in [-0.3, -0.25) is 0 Å². The second-order valence-corrected chi connectivity index (χ2v) is 8.54. The molecule has 0 aromatic carbocycles. The Morgan fingerprint density at radius 3 is 3.00 bits per heavy atom. The van der Waals surface area contributed by atoms with Gasteiger partial charge in [-0.15, -0.1) is 0 Å². The molecule has 2 fully saturated rings. The zero-order valence-corrected chi connectivity index (χ0v) is 15.2.